The van der Waals surface area contributed by atoms with Crippen molar-refractivity contribution in [3.63, 3.8) is 0 Å². The predicted octanol–water partition coefficient (Wildman–Crippen LogP) is 1.32. The molecule has 0 aromatic rings. The van der Waals surface area contributed by atoms with E-state index in [1.165, 1.54) is 0 Å². The van der Waals surface area contributed by atoms with Gasteiger partial charge in [-0.1, -0.05) is 0 Å². The van der Waals surface area contributed by atoms with Gasteiger partial charge in [-0.15, -0.1) is 0 Å². The fraction of sp³-hybridized carbons (Fsp3) is 1.00. The largest absolute Gasteiger partial charge is 0.381 e. The molecule has 82 valence electrons. The van der Waals surface area contributed by atoms with Gasteiger partial charge in [-0.05, 0) is 33.1 Å². The molecule has 2 heterocycles. The van der Waals surface area contributed by atoms with Gasteiger partial charge in [0.1, 0.15) is 0 Å². The molecule has 0 amide bonds. The van der Waals surface area contributed by atoms with Gasteiger partial charge >= 0.3 is 0 Å². The zero-order valence-corrected chi connectivity index (χ0v) is 9.21. The van der Waals surface area contributed by atoms with Crippen LogP contribution in [0.4, 0.5) is 0 Å². The molecule has 0 aliphatic carbocycles. The minimum Gasteiger partial charge on any atom is -0.381 e. The van der Waals surface area contributed by atoms with E-state index in [0.717, 1.165) is 39.1 Å². The highest BCUT2D eigenvalue weighted by atomic mass is 16.5. The number of nitrogens with one attached hydrogen (secondary N) is 1. The highest BCUT2D eigenvalue weighted by Crippen LogP contribution is 2.26. The molecule has 1 N–H and O–H groups in total. The topological polar surface area (TPSA) is 30.5 Å². The van der Waals surface area contributed by atoms with E-state index in [0.29, 0.717) is 12.1 Å². The fourth-order valence-electron chi connectivity index (χ4n) is 2.32. The van der Waals surface area contributed by atoms with E-state index in [9.17, 15) is 0 Å². The molecule has 2 rings (SSSR count). The van der Waals surface area contributed by atoms with E-state index in [4.69, 9.17) is 9.47 Å². The Morgan fingerprint density at radius 3 is 2.36 bits per heavy atom. The van der Waals surface area contributed by atoms with Gasteiger partial charge in [0.15, 0.2) is 0 Å². The zero-order valence-electron chi connectivity index (χ0n) is 9.21. The van der Waals surface area contributed by atoms with Crippen molar-refractivity contribution >= 4 is 0 Å². The Bertz CT molecular complexity index is 188. The Labute approximate surface area is 86.2 Å². The van der Waals surface area contributed by atoms with Crippen LogP contribution in [0.1, 0.15) is 33.1 Å². The summed E-state index contributed by atoms with van der Waals surface area (Å²) in [6.07, 6.45) is 3.43. The average Bonchev–Trinajstić information content (AvgIpc) is 2.48. The third kappa shape index (κ3) is 2.27. The number of ether oxygens (including phenoxy) is 2. The lowest BCUT2D eigenvalue weighted by Crippen LogP contribution is -2.49. The first-order valence-corrected chi connectivity index (χ1v) is 5.66. The van der Waals surface area contributed by atoms with Crippen molar-refractivity contribution in [1.82, 2.24) is 5.32 Å². The lowest BCUT2D eigenvalue weighted by molar-refractivity contribution is 0.0128. The summed E-state index contributed by atoms with van der Waals surface area (Å²) < 4.78 is 11.0. The third-order valence-electron chi connectivity index (χ3n) is 3.38. The number of hydrogen-bond donors (Lipinski definition) is 1. The van der Waals surface area contributed by atoms with Crippen molar-refractivity contribution in [2.45, 2.75) is 50.8 Å². The molecule has 0 aromatic heterocycles. The van der Waals surface area contributed by atoms with Crippen LogP contribution in [0, 0.1) is 0 Å². The first-order valence-electron chi connectivity index (χ1n) is 5.66. The molecule has 2 fully saturated rings. The summed E-state index contributed by atoms with van der Waals surface area (Å²) in [5.41, 5.74) is 0.0122. The van der Waals surface area contributed by atoms with E-state index in [1.54, 1.807) is 0 Å². The summed E-state index contributed by atoms with van der Waals surface area (Å²) >= 11 is 0. The summed E-state index contributed by atoms with van der Waals surface area (Å²) in [7, 11) is 0. The van der Waals surface area contributed by atoms with Gasteiger partial charge in [0.05, 0.1) is 5.60 Å². The molecule has 0 aromatic carbocycles. The van der Waals surface area contributed by atoms with Gasteiger partial charge in [-0.3, -0.25) is 0 Å². The van der Waals surface area contributed by atoms with E-state index < -0.39 is 0 Å². The highest BCUT2D eigenvalue weighted by molar-refractivity contribution is 4.92. The molecule has 2 aliphatic rings. The molecule has 3 nitrogen and oxygen atoms in total. The predicted molar refractivity (Wildman–Crippen MR) is 55.4 cm³/mol. The van der Waals surface area contributed by atoms with Gasteiger partial charge < -0.3 is 14.8 Å². The molecule has 1 unspecified atom stereocenters. The molecular formula is C11H21NO2. The van der Waals surface area contributed by atoms with Crippen LogP contribution in [-0.4, -0.2) is 37.5 Å². The van der Waals surface area contributed by atoms with Crippen molar-refractivity contribution < 1.29 is 9.47 Å². The molecule has 0 spiro atoms. The summed E-state index contributed by atoms with van der Waals surface area (Å²) in [6, 6.07) is 1.15. The van der Waals surface area contributed by atoms with Crippen LogP contribution in [0.2, 0.25) is 0 Å². The monoisotopic (exact) mass is 199 g/mol. The number of rotatable bonds is 2. The maximum absolute atomic E-state index is 5.70. The lowest BCUT2D eigenvalue weighted by atomic mass is 9.96. The number of hydrogen-bond acceptors (Lipinski definition) is 3. The second kappa shape index (κ2) is 4.17. The molecule has 0 radical (unpaired) electrons. The van der Waals surface area contributed by atoms with Crippen molar-refractivity contribution in [3.8, 4) is 0 Å². The molecule has 1 atom stereocenters. The van der Waals surface area contributed by atoms with Crippen LogP contribution in [0.3, 0.4) is 0 Å². The molecule has 0 bridgehead atoms. The molecule has 3 heteroatoms. The SMILES string of the molecule is CC1(C)OCCC1NC1CCOCC1. The maximum atomic E-state index is 5.70. The van der Waals surface area contributed by atoms with Gasteiger partial charge in [0.2, 0.25) is 0 Å². The molecule has 14 heavy (non-hydrogen) atoms. The Morgan fingerprint density at radius 2 is 1.79 bits per heavy atom. The molecule has 0 saturated carbocycles. The smallest absolute Gasteiger partial charge is 0.0779 e. The molecular weight excluding hydrogens is 178 g/mol. The van der Waals surface area contributed by atoms with E-state index in [-0.39, 0.29) is 5.60 Å². The summed E-state index contributed by atoms with van der Waals surface area (Å²) in [5.74, 6) is 0. The minimum atomic E-state index is 0.0122. The van der Waals surface area contributed by atoms with E-state index in [2.05, 4.69) is 19.2 Å². The van der Waals surface area contributed by atoms with Crippen molar-refractivity contribution in [2.24, 2.45) is 0 Å². The Morgan fingerprint density at radius 1 is 1.07 bits per heavy atom. The van der Waals surface area contributed by atoms with Crippen molar-refractivity contribution in [3.05, 3.63) is 0 Å². The Hall–Kier alpha value is -0.120. The van der Waals surface area contributed by atoms with Crippen molar-refractivity contribution in [1.29, 1.82) is 0 Å². The summed E-state index contributed by atoms with van der Waals surface area (Å²) in [5, 5.41) is 3.70. The first kappa shape index (κ1) is 10.4. The van der Waals surface area contributed by atoms with Crippen LogP contribution in [-0.2, 0) is 9.47 Å². The van der Waals surface area contributed by atoms with Crippen LogP contribution in [0.25, 0.3) is 0 Å². The van der Waals surface area contributed by atoms with Crippen molar-refractivity contribution in [2.75, 3.05) is 19.8 Å². The molecule has 2 saturated heterocycles. The van der Waals surface area contributed by atoms with Crippen LogP contribution in [0.15, 0.2) is 0 Å². The summed E-state index contributed by atoms with van der Waals surface area (Å²) in [6.45, 7) is 7.07. The second-order valence-corrected chi connectivity index (χ2v) is 4.85. The lowest BCUT2D eigenvalue weighted by Gasteiger charge is -2.32. The average molecular weight is 199 g/mol. The Kier molecular flexibility index (Phi) is 3.10. The van der Waals surface area contributed by atoms with Gasteiger partial charge in [-0.2, -0.15) is 0 Å². The highest BCUT2D eigenvalue weighted by Gasteiger charge is 2.36. The maximum Gasteiger partial charge on any atom is 0.0779 e. The normalized spacial score (nSPS) is 33.4. The summed E-state index contributed by atoms with van der Waals surface area (Å²) in [4.78, 5) is 0. The van der Waals surface area contributed by atoms with E-state index in [1.807, 2.05) is 0 Å². The van der Waals surface area contributed by atoms with Gasteiger partial charge in [0.25, 0.3) is 0 Å². The van der Waals surface area contributed by atoms with Gasteiger partial charge in [0, 0.05) is 31.9 Å². The third-order valence-corrected chi connectivity index (χ3v) is 3.38. The quantitative estimate of drug-likeness (QED) is 0.727. The van der Waals surface area contributed by atoms with Crippen LogP contribution in [0.5, 0.6) is 0 Å². The van der Waals surface area contributed by atoms with E-state index >= 15 is 0 Å². The van der Waals surface area contributed by atoms with Crippen LogP contribution < -0.4 is 5.32 Å². The standard InChI is InChI=1S/C11H21NO2/c1-11(2)10(5-8-14-11)12-9-3-6-13-7-4-9/h9-10,12H,3-8H2,1-2H3. The molecule has 2 aliphatic heterocycles. The first-order chi connectivity index (χ1) is 6.68. The van der Waals surface area contributed by atoms with Gasteiger partial charge in [-0.25, -0.2) is 0 Å². The fourth-order valence-corrected chi connectivity index (χ4v) is 2.32. The Balaban J connectivity index is 1.83. The second-order valence-electron chi connectivity index (χ2n) is 4.85. The zero-order chi connectivity index (χ0) is 10.0. The van der Waals surface area contributed by atoms with Crippen LogP contribution >= 0.6 is 0 Å². The minimum absolute atomic E-state index is 0.0122.